The average molecular weight is 255 g/mol. The van der Waals surface area contributed by atoms with Gasteiger partial charge in [0.25, 0.3) is 0 Å². The summed E-state index contributed by atoms with van der Waals surface area (Å²) < 4.78 is 7.20. The van der Waals surface area contributed by atoms with Crippen molar-refractivity contribution in [3.63, 3.8) is 0 Å². The molecule has 0 bridgehead atoms. The highest BCUT2D eigenvalue weighted by atomic mass is 16.5. The van der Waals surface area contributed by atoms with Crippen LogP contribution in [0.1, 0.15) is 45.3 Å². The van der Waals surface area contributed by atoms with Crippen LogP contribution in [0, 0.1) is 0 Å². The third-order valence-electron chi connectivity index (χ3n) is 2.76. The van der Waals surface area contributed by atoms with Crippen LogP contribution in [0.15, 0.2) is 0 Å². The minimum Gasteiger partial charge on any atom is -0.389 e. The molecule has 5 nitrogen and oxygen atoms in total. The average Bonchev–Trinajstić information content (AvgIpc) is 2.77. The number of aliphatic hydroxyl groups excluding tert-OH is 1. The second-order valence-corrected chi connectivity index (χ2v) is 4.42. The van der Waals surface area contributed by atoms with Crippen LogP contribution in [0.4, 0.5) is 0 Å². The summed E-state index contributed by atoms with van der Waals surface area (Å²) >= 11 is 0. The zero-order valence-corrected chi connectivity index (χ0v) is 11.7. The van der Waals surface area contributed by atoms with Crippen LogP contribution in [0.25, 0.3) is 0 Å². The van der Waals surface area contributed by atoms with Crippen molar-refractivity contribution < 1.29 is 9.84 Å². The first-order chi connectivity index (χ1) is 8.71. The molecule has 0 aromatic carbocycles. The molecule has 1 heterocycles. The van der Waals surface area contributed by atoms with Gasteiger partial charge in [0.15, 0.2) is 5.82 Å². The van der Waals surface area contributed by atoms with E-state index in [1.165, 1.54) is 0 Å². The Hall–Kier alpha value is -0.940. The molecule has 1 N–H and O–H groups in total. The zero-order valence-electron chi connectivity index (χ0n) is 11.7. The van der Waals surface area contributed by atoms with Crippen molar-refractivity contribution in [1.29, 1.82) is 0 Å². The summed E-state index contributed by atoms with van der Waals surface area (Å²) in [7, 11) is 0. The quantitative estimate of drug-likeness (QED) is 0.681. The van der Waals surface area contributed by atoms with Gasteiger partial charge in [0, 0.05) is 19.4 Å². The van der Waals surface area contributed by atoms with Gasteiger partial charge in [-0.05, 0) is 6.42 Å². The van der Waals surface area contributed by atoms with Gasteiger partial charge in [0.1, 0.15) is 5.82 Å². The Bertz CT molecular complexity index is 339. The summed E-state index contributed by atoms with van der Waals surface area (Å²) in [4.78, 5) is 4.41. The molecule has 1 rings (SSSR count). The lowest BCUT2D eigenvalue weighted by molar-refractivity contribution is 0.0248. The van der Waals surface area contributed by atoms with Crippen molar-refractivity contribution in [3.05, 3.63) is 11.6 Å². The molecule has 104 valence electrons. The summed E-state index contributed by atoms with van der Waals surface area (Å²) in [6, 6.07) is 0. The van der Waals surface area contributed by atoms with Gasteiger partial charge in [-0.15, -0.1) is 0 Å². The lowest BCUT2D eigenvalue weighted by atomic mass is 10.3. The highest BCUT2D eigenvalue weighted by Crippen LogP contribution is 2.03. The number of aromatic nitrogens is 3. The summed E-state index contributed by atoms with van der Waals surface area (Å²) in [5.74, 6) is 1.77. The van der Waals surface area contributed by atoms with Crippen LogP contribution < -0.4 is 0 Å². The number of unbranched alkanes of at least 4 members (excludes halogenated alkanes) is 1. The number of nitrogens with zero attached hydrogens (tertiary/aromatic N) is 3. The maximum Gasteiger partial charge on any atom is 0.150 e. The molecular weight excluding hydrogens is 230 g/mol. The van der Waals surface area contributed by atoms with Gasteiger partial charge in [0.05, 0.1) is 19.3 Å². The van der Waals surface area contributed by atoms with Gasteiger partial charge in [-0.1, -0.05) is 27.2 Å². The van der Waals surface area contributed by atoms with Crippen molar-refractivity contribution in [1.82, 2.24) is 14.8 Å². The topological polar surface area (TPSA) is 60.2 Å². The van der Waals surface area contributed by atoms with Gasteiger partial charge in [-0.25, -0.2) is 9.67 Å². The fraction of sp³-hybridized carbons (Fsp3) is 0.846. The SMILES string of the molecule is CCCCOCC(O)Cn1nc(CC)nc1CC. The highest BCUT2D eigenvalue weighted by Gasteiger charge is 2.11. The smallest absolute Gasteiger partial charge is 0.150 e. The Balaban J connectivity index is 2.42. The van der Waals surface area contributed by atoms with Crippen molar-refractivity contribution in [2.45, 2.75) is 59.1 Å². The first kappa shape index (κ1) is 15.1. The largest absolute Gasteiger partial charge is 0.389 e. The first-order valence-electron chi connectivity index (χ1n) is 6.89. The zero-order chi connectivity index (χ0) is 13.4. The van der Waals surface area contributed by atoms with Gasteiger partial charge in [-0.2, -0.15) is 5.10 Å². The van der Waals surface area contributed by atoms with Crippen molar-refractivity contribution in [2.75, 3.05) is 13.2 Å². The van der Waals surface area contributed by atoms with E-state index in [4.69, 9.17) is 4.74 Å². The van der Waals surface area contributed by atoms with Crippen LogP contribution in [-0.2, 0) is 24.1 Å². The molecule has 0 spiro atoms. The number of hydrogen-bond acceptors (Lipinski definition) is 4. The molecule has 1 aromatic rings. The highest BCUT2D eigenvalue weighted by molar-refractivity contribution is 4.93. The maximum atomic E-state index is 9.89. The molecular formula is C13H25N3O2. The van der Waals surface area contributed by atoms with E-state index in [0.29, 0.717) is 19.8 Å². The van der Waals surface area contributed by atoms with E-state index in [2.05, 4.69) is 17.0 Å². The van der Waals surface area contributed by atoms with Crippen LogP contribution in [0.2, 0.25) is 0 Å². The minimum absolute atomic E-state index is 0.366. The lowest BCUT2D eigenvalue weighted by Gasteiger charge is -2.12. The third-order valence-corrected chi connectivity index (χ3v) is 2.76. The van der Waals surface area contributed by atoms with Crippen LogP contribution in [-0.4, -0.2) is 39.2 Å². The Labute approximate surface area is 109 Å². The molecule has 18 heavy (non-hydrogen) atoms. The van der Waals surface area contributed by atoms with E-state index < -0.39 is 6.10 Å². The Morgan fingerprint density at radius 3 is 2.67 bits per heavy atom. The van der Waals surface area contributed by atoms with Gasteiger partial charge < -0.3 is 9.84 Å². The second-order valence-electron chi connectivity index (χ2n) is 4.42. The van der Waals surface area contributed by atoms with Gasteiger partial charge >= 0.3 is 0 Å². The van der Waals surface area contributed by atoms with Crippen LogP contribution in [0.5, 0.6) is 0 Å². The molecule has 5 heteroatoms. The molecule has 0 aliphatic heterocycles. The van der Waals surface area contributed by atoms with E-state index >= 15 is 0 Å². The summed E-state index contributed by atoms with van der Waals surface area (Å²) in [6.45, 7) is 7.74. The normalized spacial score (nSPS) is 12.9. The minimum atomic E-state index is -0.515. The number of aryl methyl sites for hydroxylation is 2. The van der Waals surface area contributed by atoms with Crippen molar-refractivity contribution >= 4 is 0 Å². The Morgan fingerprint density at radius 2 is 2.06 bits per heavy atom. The van der Waals surface area contributed by atoms with E-state index in [9.17, 15) is 5.11 Å². The fourth-order valence-corrected chi connectivity index (χ4v) is 1.70. The number of ether oxygens (including phenoxy) is 1. The molecule has 0 radical (unpaired) electrons. The summed E-state index contributed by atoms with van der Waals surface area (Å²) in [5, 5.41) is 14.3. The van der Waals surface area contributed by atoms with Crippen molar-refractivity contribution in [3.8, 4) is 0 Å². The Kier molecular flexibility index (Phi) is 6.90. The summed E-state index contributed by atoms with van der Waals surface area (Å²) in [6.07, 6.45) is 3.29. The maximum absolute atomic E-state index is 9.89. The van der Waals surface area contributed by atoms with Crippen LogP contribution >= 0.6 is 0 Å². The molecule has 0 fully saturated rings. The molecule has 0 aliphatic rings. The monoisotopic (exact) mass is 255 g/mol. The second kappa shape index (κ2) is 8.21. The first-order valence-corrected chi connectivity index (χ1v) is 6.89. The molecule has 0 aliphatic carbocycles. The molecule has 1 aromatic heterocycles. The molecule has 1 atom stereocenters. The fourth-order valence-electron chi connectivity index (χ4n) is 1.70. The van der Waals surface area contributed by atoms with Gasteiger partial charge in [0.2, 0.25) is 0 Å². The molecule has 0 saturated heterocycles. The molecule has 1 unspecified atom stereocenters. The molecule has 0 amide bonds. The summed E-state index contributed by atoms with van der Waals surface area (Å²) in [5.41, 5.74) is 0. The number of aliphatic hydroxyl groups is 1. The predicted molar refractivity (Wildman–Crippen MR) is 70.5 cm³/mol. The van der Waals surface area contributed by atoms with Gasteiger partial charge in [-0.3, -0.25) is 0 Å². The third kappa shape index (κ3) is 4.74. The lowest BCUT2D eigenvalue weighted by Crippen LogP contribution is -2.24. The standard InChI is InChI=1S/C13H25N3O2/c1-4-7-8-18-10-11(17)9-16-13(6-3)14-12(5-2)15-16/h11,17H,4-10H2,1-3H3. The number of hydrogen-bond donors (Lipinski definition) is 1. The Morgan fingerprint density at radius 1 is 1.28 bits per heavy atom. The van der Waals surface area contributed by atoms with E-state index in [1.54, 1.807) is 4.68 Å². The number of rotatable bonds is 9. The van der Waals surface area contributed by atoms with E-state index in [1.807, 2.05) is 13.8 Å². The van der Waals surface area contributed by atoms with Crippen molar-refractivity contribution in [2.24, 2.45) is 0 Å². The van der Waals surface area contributed by atoms with Crippen LogP contribution in [0.3, 0.4) is 0 Å². The predicted octanol–water partition coefficient (Wildman–Crippen LogP) is 1.58. The molecule has 0 saturated carbocycles. The van der Waals surface area contributed by atoms with E-state index in [0.717, 1.165) is 37.3 Å². The van der Waals surface area contributed by atoms with E-state index in [-0.39, 0.29) is 0 Å².